The first-order valence-electron chi connectivity index (χ1n) is 5.12. The summed E-state index contributed by atoms with van der Waals surface area (Å²) in [6.07, 6.45) is 0. The average molecular weight is 252 g/mol. The van der Waals surface area contributed by atoms with Gasteiger partial charge in [-0.1, -0.05) is 23.7 Å². The van der Waals surface area contributed by atoms with Gasteiger partial charge in [0.25, 0.3) is 0 Å². The first kappa shape index (κ1) is 11.7. The van der Waals surface area contributed by atoms with Crippen LogP contribution in [0.3, 0.4) is 0 Å². The van der Waals surface area contributed by atoms with E-state index in [9.17, 15) is 9.50 Å². The lowest BCUT2D eigenvalue weighted by Gasteiger charge is -2.08. The molecule has 0 saturated carbocycles. The minimum absolute atomic E-state index is 0.0729. The van der Waals surface area contributed by atoms with Crippen molar-refractivity contribution in [3.05, 3.63) is 58.9 Å². The maximum atomic E-state index is 12.7. The highest BCUT2D eigenvalue weighted by molar-refractivity contribution is 6.32. The van der Waals surface area contributed by atoms with E-state index < -0.39 is 0 Å². The van der Waals surface area contributed by atoms with Crippen molar-refractivity contribution < 1.29 is 9.50 Å². The number of rotatable bonds is 3. The number of hydrogen-bond donors (Lipinski definition) is 2. The number of benzene rings is 2. The Labute approximate surface area is 104 Å². The minimum Gasteiger partial charge on any atom is -0.506 e. The van der Waals surface area contributed by atoms with Crippen molar-refractivity contribution in [2.24, 2.45) is 0 Å². The third kappa shape index (κ3) is 2.88. The van der Waals surface area contributed by atoms with Crippen LogP contribution in [0.2, 0.25) is 5.02 Å². The molecule has 0 aliphatic heterocycles. The number of nitrogens with one attached hydrogen (secondary N) is 1. The van der Waals surface area contributed by atoms with Crippen LogP contribution in [0.1, 0.15) is 5.56 Å². The third-order valence-corrected chi connectivity index (χ3v) is 2.70. The molecule has 0 spiro atoms. The molecule has 0 radical (unpaired) electrons. The molecular formula is C13H11ClFNO. The van der Waals surface area contributed by atoms with E-state index in [1.807, 2.05) is 0 Å². The van der Waals surface area contributed by atoms with Crippen molar-refractivity contribution in [1.29, 1.82) is 0 Å². The quantitative estimate of drug-likeness (QED) is 0.870. The Balaban J connectivity index is 2.07. The molecule has 0 aliphatic rings. The molecule has 4 heteroatoms. The van der Waals surface area contributed by atoms with E-state index in [-0.39, 0.29) is 11.6 Å². The van der Waals surface area contributed by atoms with Crippen LogP contribution >= 0.6 is 11.6 Å². The molecular weight excluding hydrogens is 241 g/mol. The van der Waals surface area contributed by atoms with Crippen molar-refractivity contribution in [1.82, 2.24) is 0 Å². The van der Waals surface area contributed by atoms with Crippen molar-refractivity contribution in [3.8, 4) is 5.75 Å². The van der Waals surface area contributed by atoms with E-state index >= 15 is 0 Å². The number of aromatic hydroxyl groups is 1. The smallest absolute Gasteiger partial charge is 0.139 e. The second-order valence-electron chi connectivity index (χ2n) is 3.61. The Kier molecular flexibility index (Phi) is 3.49. The molecule has 0 unspecified atom stereocenters. The molecule has 2 aromatic rings. The molecule has 0 fully saturated rings. The lowest BCUT2D eigenvalue weighted by atomic mass is 10.2. The number of anilines is 1. The highest BCUT2D eigenvalue weighted by Gasteiger charge is 2.04. The van der Waals surface area contributed by atoms with Gasteiger partial charge in [0.05, 0.1) is 5.02 Å². The van der Waals surface area contributed by atoms with E-state index in [4.69, 9.17) is 11.6 Å². The lowest BCUT2D eigenvalue weighted by Crippen LogP contribution is -1.99. The van der Waals surface area contributed by atoms with Gasteiger partial charge in [0.1, 0.15) is 11.6 Å². The van der Waals surface area contributed by atoms with Gasteiger partial charge < -0.3 is 10.4 Å². The van der Waals surface area contributed by atoms with Crippen molar-refractivity contribution in [2.45, 2.75) is 6.54 Å². The predicted molar refractivity (Wildman–Crippen MR) is 66.8 cm³/mol. The molecule has 88 valence electrons. The van der Waals surface area contributed by atoms with E-state index in [0.717, 1.165) is 5.69 Å². The van der Waals surface area contributed by atoms with Crippen molar-refractivity contribution in [3.63, 3.8) is 0 Å². The van der Waals surface area contributed by atoms with Gasteiger partial charge in [-0.05, 0) is 30.3 Å². The van der Waals surface area contributed by atoms with Crippen LogP contribution in [0.5, 0.6) is 5.75 Å². The fourth-order valence-electron chi connectivity index (χ4n) is 1.47. The Morgan fingerprint density at radius 3 is 2.53 bits per heavy atom. The van der Waals surface area contributed by atoms with Gasteiger partial charge in [0, 0.05) is 17.8 Å². The van der Waals surface area contributed by atoms with Crippen LogP contribution in [0.25, 0.3) is 0 Å². The van der Waals surface area contributed by atoms with Crippen LogP contribution in [0.4, 0.5) is 10.1 Å². The van der Waals surface area contributed by atoms with Crippen molar-refractivity contribution >= 4 is 17.3 Å². The molecule has 2 rings (SSSR count). The highest BCUT2D eigenvalue weighted by atomic mass is 35.5. The monoisotopic (exact) mass is 251 g/mol. The summed E-state index contributed by atoms with van der Waals surface area (Å²) in [4.78, 5) is 0. The van der Waals surface area contributed by atoms with Crippen molar-refractivity contribution in [2.75, 3.05) is 5.32 Å². The van der Waals surface area contributed by atoms with Crippen LogP contribution in [-0.4, -0.2) is 5.11 Å². The number of phenols is 1. The second-order valence-corrected chi connectivity index (χ2v) is 4.02. The normalized spacial score (nSPS) is 10.2. The molecule has 0 saturated heterocycles. The third-order valence-electron chi connectivity index (χ3n) is 2.40. The summed E-state index contributed by atoms with van der Waals surface area (Å²) in [6, 6.07) is 11.2. The van der Waals surface area contributed by atoms with Crippen LogP contribution in [0.15, 0.2) is 42.5 Å². The summed E-state index contributed by atoms with van der Waals surface area (Å²) in [6.45, 7) is 0.429. The topological polar surface area (TPSA) is 32.3 Å². The number of para-hydroxylation sites is 1. The number of phenolic OH excluding ortho intramolecular Hbond substituents is 1. The van der Waals surface area contributed by atoms with Gasteiger partial charge in [0.15, 0.2) is 0 Å². The Morgan fingerprint density at radius 2 is 1.82 bits per heavy atom. The molecule has 0 atom stereocenters. The maximum Gasteiger partial charge on any atom is 0.139 e. The Bertz CT molecular complexity index is 513. The summed E-state index contributed by atoms with van der Waals surface area (Å²) in [7, 11) is 0. The molecule has 0 aromatic heterocycles. The SMILES string of the molecule is Oc1c(Cl)cccc1CNc1ccc(F)cc1. The first-order chi connectivity index (χ1) is 8.16. The first-order valence-corrected chi connectivity index (χ1v) is 5.50. The Morgan fingerprint density at radius 1 is 1.12 bits per heavy atom. The minimum atomic E-state index is -0.277. The molecule has 17 heavy (non-hydrogen) atoms. The summed E-state index contributed by atoms with van der Waals surface area (Å²) in [5.74, 6) is -0.204. The molecule has 2 N–H and O–H groups in total. The predicted octanol–water partition coefficient (Wildman–Crippen LogP) is 3.80. The van der Waals surface area contributed by atoms with Crippen LogP contribution < -0.4 is 5.32 Å². The highest BCUT2D eigenvalue weighted by Crippen LogP contribution is 2.27. The standard InChI is InChI=1S/C13H11ClFNO/c14-12-3-1-2-9(13(12)17)8-16-11-6-4-10(15)5-7-11/h1-7,16-17H,8H2. The second kappa shape index (κ2) is 5.06. The van der Waals surface area contributed by atoms with Gasteiger partial charge in [-0.25, -0.2) is 4.39 Å². The van der Waals surface area contributed by atoms with Gasteiger partial charge in [-0.2, -0.15) is 0 Å². The zero-order valence-electron chi connectivity index (χ0n) is 8.95. The molecule has 0 bridgehead atoms. The summed E-state index contributed by atoms with van der Waals surface area (Å²) < 4.78 is 12.7. The summed E-state index contributed by atoms with van der Waals surface area (Å²) in [5.41, 5.74) is 1.48. The van der Waals surface area contributed by atoms with Gasteiger partial charge in [-0.15, -0.1) is 0 Å². The van der Waals surface area contributed by atoms with E-state index in [1.165, 1.54) is 12.1 Å². The number of hydrogen-bond acceptors (Lipinski definition) is 2. The molecule has 0 amide bonds. The fourth-order valence-corrected chi connectivity index (χ4v) is 1.66. The zero-order valence-corrected chi connectivity index (χ0v) is 9.71. The lowest BCUT2D eigenvalue weighted by molar-refractivity contribution is 0.469. The molecule has 0 aliphatic carbocycles. The summed E-state index contributed by atoms with van der Waals surface area (Å²) >= 11 is 5.79. The average Bonchev–Trinajstić information content (AvgIpc) is 2.33. The zero-order chi connectivity index (χ0) is 12.3. The Hall–Kier alpha value is -1.74. The summed E-state index contributed by atoms with van der Waals surface area (Å²) in [5, 5.41) is 13.1. The van der Waals surface area contributed by atoms with E-state index in [2.05, 4.69) is 5.32 Å². The van der Waals surface area contributed by atoms with Crippen LogP contribution in [-0.2, 0) is 6.54 Å². The largest absolute Gasteiger partial charge is 0.506 e. The number of halogens is 2. The maximum absolute atomic E-state index is 12.7. The van der Waals surface area contributed by atoms with E-state index in [1.54, 1.807) is 30.3 Å². The van der Waals surface area contributed by atoms with E-state index in [0.29, 0.717) is 17.1 Å². The fraction of sp³-hybridized carbons (Fsp3) is 0.0769. The van der Waals surface area contributed by atoms with Gasteiger partial charge >= 0.3 is 0 Å². The van der Waals surface area contributed by atoms with Gasteiger partial charge in [-0.3, -0.25) is 0 Å². The molecule has 2 nitrogen and oxygen atoms in total. The molecule has 0 heterocycles. The van der Waals surface area contributed by atoms with Crippen LogP contribution in [0, 0.1) is 5.82 Å². The van der Waals surface area contributed by atoms with Gasteiger partial charge in [0.2, 0.25) is 0 Å². The molecule has 2 aromatic carbocycles.